The normalized spacial score (nSPS) is 11.5. The van der Waals surface area contributed by atoms with E-state index in [1.165, 1.54) is 29.9 Å². The van der Waals surface area contributed by atoms with Crippen LogP contribution in [0.5, 0.6) is 5.75 Å². The van der Waals surface area contributed by atoms with Crippen LogP contribution in [0.1, 0.15) is 5.82 Å². The van der Waals surface area contributed by atoms with Gasteiger partial charge in [0.05, 0.1) is 29.4 Å². The fraction of sp³-hybridized carbons (Fsp3) is 0.0909. The van der Waals surface area contributed by atoms with Crippen LogP contribution in [-0.2, 0) is 10.0 Å². The smallest absolute Gasteiger partial charge is 0.265 e. The number of aryl methyl sites for hydroxylation is 1. The van der Waals surface area contributed by atoms with E-state index in [1.54, 1.807) is 31.2 Å². The molecule has 0 radical (unpaired) electrons. The van der Waals surface area contributed by atoms with Crippen molar-refractivity contribution in [2.75, 3.05) is 11.8 Å². The molecule has 0 aliphatic carbocycles. The van der Waals surface area contributed by atoms with E-state index in [9.17, 15) is 22.0 Å². The van der Waals surface area contributed by atoms with Crippen LogP contribution < -0.4 is 15.0 Å². The lowest BCUT2D eigenvalue weighted by atomic mass is 10.2. The third kappa shape index (κ3) is 3.80. The van der Waals surface area contributed by atoms with Gasteiger partial charge in [0.2, 0.25) is 0 Å². The molecule has 1 N–H and O–H groups in total. The van der Waals surface area contributed by atoms with Crippen molar-refractivity contribution in [2.24, 2.45) is 0 Å². The Balaban J connectivity index is 1.78. The van der Waals surface area contributed by atoms with Crippen LogP contribution in [-0.4, -0.2) is 25.1 Å². The van der Waals surface area contributed by atoms with Crippen LogP contribution in [0.15, 0.2) is 70.4 Å². The molecular weight excluding hydrogens is 440 g/mol. The quantitative estimate of drug-likeness (QED) is 0.493. The zero-order valence-corrected chi connectivity index (χ0v) is 17.8. The molecule has 3 aromatic carbocycles. The lowest BCUT2D eigenvalue weighted by molar-refractivity contribution is 0.416. The SMILES string of the molecule is COc1cc(-n2c(C)nc3ccccc3c2=O)ccc1NS(=O)(=O)c1ccc(F)cc1F. The highest BCUT2D eigenvalue weighted by Gasteiger charge is 2.22. The van der Waals surface area contributed by atoms with Gasteiger partial charge in [-0.1, -0.05) is 12.1 Å². The Bertz CT molecular complexity index is 1520. The van der Waals surface area contributed by atoms with Crippen molar-refractivity contribution in [3.63, 3.8) is 0 Å². The minimum Gasteiger partial charge on any atom is -0.494 e. The maximum atomic E-state index is 14.0. The first kappa shape index (κ1) is 21.4. The van der Waals surface area contributed by atoms with E-state index >= 15 is 0 Å². The highest BCUT2D eigenvalue weighted by atomic mass is 32.2. The predicted molar refractivity (Wildman–Crippen MR) is 116 cm³/mol. The number of hydrogen-bond donors (Lipinski definition) is 1. The number of fused-ring (bicyclic) bond motifs is 1. The maximum Gasteiger partial charge on any atom is 0.265 e. The summed E-state index contributed by atoms with van der Waals surface area (Å²) in [7, 11) is -3.05. The van der Waals surface area contributed by atoms with Crippen molar-refractivity contribution >= 4 is 26.6 Å². The molecule has 0 amide bonds. The van der Waals surface area contributed by atoms with Gasteiger partial charge in [-0.3, -0.25) is 14.1 Å². The summed E-state index contributed by atoms with van der Waals surface area (Å²) in [5.41, 5.74) is 0.679. The fourth-order valence-corrected chi connectivity index (χ4v) is 4.47. The van der Waals surface area contributed by atoms with Crippen LogP contribution >= 0.6 is 0 Å². The molecule has 0 bridgehead atoms. The molecule has 1 aromatic heterocycles. The molecule has 0 fully saturated rings. The van der Waals surface area contributed by atoms with Crippen LogP contribution in [0.25, 0.3) is 16.6 Å². The van der Waals surface area contributed by atoms with Gasteiger partial charge < -0.3 is 4.74 Å². The van der Waals surface area contributed by atoms with Gasteiger partial charge in [-0.05, 0) is 43.3 Å². The second-order valence-electron chi connectivity index (χ2n) is 6.88. The molecule has 0 spiro atoms. The van der Waals surface area contributed by atoms with Crippen LogP contribution in [0.4, 0.5) is 14.5 Å². The number of halogens is 2. The van der Waals surface area contributed by atoms with Crippen LogP contribution in [0.3, 0.4) is 0 Å². The molecule has 1 heterocycles. The number of sulfonamides is 1. The van der Waals surface area contributed by atoms with Crippen LogP contribution in [0, 0.1) is 18.6 Å². The van der Waals surface area contributed by atoms with E-state index in [0.717, 1.165) is 12.1 Å². The topological polar surface area (TPSA) is 90.3 Å². The Morgan fingerprint density at radius 1 is 1.03 bits per heavy atom. The number of benzene rings is 3. The van der Waals surface area contributed by atoms with Crippen molar-refractivity contribution < 1.29 is 21.9 Å². The summed E-state index contributed by atoms with van der Waals surface area (Å²) in [5, 5.41) is 0.425. The zero-order chi connectivity index (χ0) is 23.0. The second-order valence-corrected chi connectivity index (χ2v) is 8.53. The summed E-state index contributed by atoms with van der Waals surface area (Å²) in [6, 6.07) is 13.4. The van der Waals surface area contributed by atoms with E-state index in [2.05, 4.69) is 9.71 Å². The average molecular weight is 457 g/mol. The number of hydrogen-bond acceptors (Lipinski definition) is 5. The molecule has 0 unspecified atom stereocenters. The standard InChI is InChI=1S/C22H17F2N3O4S/c1-13-25-18-6-4-3-5-16(18)22(28)27(13)15-8-9-19(20(12-15)31-2)26-32(29,30)21-10-7-14(23)11-17(21)24/h3-12,26H,1-2H3. The predicted octanol–water partition coefficient (Wildman–Crippen LogP) is 3.78. The number of nitrogens with zero attached hydrogens (tertiary/aromatic N) is 2. The summed E-state index contributed by atoms with van der Waals surface area (Å²) in [5.74, 6) is -1.60. The Morgan fingerprint density at radius 2 is 1.78 bits per heavy atom. The van der Waals surface area contributed by atoms with Gasteiger partial charge in [-0.15, -0.1) is 0 Å². The molecular formula is C22H17F2N3O4S. The number of anilines is 1. The van der Waals surface area contributed by atoms with Crippen molar-refractivity contribution in [3.05, 3.63) is 88.5 Å². The molecule has 10 heteroatoms. The van der Waals surface area contributed by atoms with E-state index in [0.29, 0.717) is 28.5 Å². The summed E-state index contributed by atoms with van der Waals surface area (Å²) >= 11 is 0. The van der Waals surface area contributed by atoms with Crippen molar-refractivity contribution in [3.8, 4) is 11.4 Å². The Hall–Kier alpha value is -3.79. The molecule has 4 aromatic rings. The Kier molecular flexibility index (Phi) is 5.39. The highest BCUT2D eigenvalue weighted by molar-refractivity contribution is 7.92. The average Bonchev–Trinajstić information content (AvgIpc) is 2.74. The maximum absolute atomic E-state index is 14.0. The number of para-hydroxylation sites is 1. The van der Waals surface area contributed by atoms with E-state index in [1.807, 2.05) is 0 Å². The zero-order valence-electron chi connectivity index (χ0n) is 17.0. The molecule has 0 atom stereocenters. The lowest BCUT2D eigenvalue weighted by Gasteiger charge is -2.16. The first-order chi connectivity index (χ1) is 15.2. The van der Waals surface area contributed by atoms with E-state index in [4.69, 9.17) is 4.74 Å². The molecule has 0 saturated heterocycles. The van der Waals surface area contributed by atoms with Gasteiger partial charge in [-0.25, -0.2) is 22.2 Å². The monoisotopic (exact) mass is 457 g/mol. The summed E-state index contributed by atoms with van der Waals surface area (Å²) in [4.78, 5) is 16.7. The van der Waals surface area contributed by atoms with Gasteiger partial charge in [-0.2, -0.15) is 0 Å². The van der Waals surface area contributed by atoms with Gasteiger partial charge in [0.25, 0.3) is 15.6 Å². The number of aromatic nitrogens is 2. The van der Waals surface area contributed by atoms with Gasteiger partial charge in [0, 0.05) is 12.1 Å². The van der Waals surface area contributed by atoms with Gasteiger partial charge >= 0.3 is 0 Å². The molecule has 7 nitrogen and oxygen atoms in total. The fourth-order valence-electron chi connectivity index (χ4n) is 3.34. The molecule has 0 saturated carbocycles. The third-order valence-corrected chi connectivity index (χ3v) is 6.21. The van der Waals surface area contributed by atoms with Gasteiger partial charge in [0.15, 0.2) is 0 Å². The molecule has 164 valence electrons. The molecule has 0 aliphatic heterocycles. The highest BCUT2D eigenvalue weighted by Crippen LogP contribution is 2.30. The minimum atomic E-state index is -4.37. The van der Waals surface area contributed by atoms with Crippen molar-refractivity contribution in [2.45, 2.75) is 11.8 Å². The summed E-state index contributed by atoms with van der Waals surface area (Å²) < 4.78 is 61.3. The molecule has 4 rings (SSSR count). The molecule has 0 aliphatic rings. The first-order valence-corrected chi connectivity index (χ1v) is 10.8. The van der Waals surface area contributed by atoms with E-state index < -0.39 is 26.6 Å². The number of nitrogens with one attached hydrogen (secondary N) is 1. The van der Waals surface area contributed by atoms with E-state index in [-0.39, 0.29) is 17.0 Å². The lowest BCUT2D eigenvalue weighted by Crippen LogP contribution is -2.22. The Morgan fingerprint density at radius 3 is 2.50 bits per heavy atom. The summed E-state index contributed by atoms with van der Waals surface area (Å²) in [6.45, 7) is 1.67. The largest absolute Gasteiger partial charge is 0.494 e. The summed E-state index contributed by atoms with van der Waals surface area (Å²) in [6.07, 6.45) is 0. The molecule has 32 heavy (non-hydrogen) atoms. The first-order valence-electron chi connectivity index (χ1n) is 9.36. The van der Waals surface area contributed by atoms with Crippen molar-refractivity contribution in [1.29, 1.82) is 0 Å². The third-order valence-electron chi connectivity index (χ3n) is 4.81. The van der Waals surface area contributed by atoms with Crippen molar-refractivity contribution in [1.82, 2.24) is 9.55 Å². The number of methoxy groups -OCH3 is 1. The second kappa shape index (κ2) is 8.04. The van der Waals surface area contributed by atoms with Gasteiger partial charge in [0.1, 0.15) is 28.1 Å². The number of rotatable bonds is 5. The number of ether oxygens (including phenoxy) is 1. The minimum absolute atomic E-state index is 0.0134. The van der Waals surface area contributed by atoms with Crippen LogP contribution in [0.2, 0.25) is 0 Å². The Labute approximate surface area is 182 Å².